The molecule has 0 unspecified atom stereocenters. The highest BCUT2D eigenvalue weighted by Gasteiger charge is 2.33. The van der Waals surface area contributed by atoms with Gasteiger partial charge in [-0.15, -0.1) is 0 Å². The fourth-order valence-electron chi connectivity index (χ4n) is 1.95. The molecular formula is C15H13BrF3NO. The maximum Gasteiger partial charge on any atom is 0.418 e. The third-order valence-corrected chi connectivity index (χ3v) is 4.23. The molecule has 0 saturated heterocycles. The summed E-state index contributed by atoms with van der Waals surface area (Å²) in [7, 11) is 0. The molecule has 0 bridgehead atoms. The van der Waals surface area contributed by atoms with Crippen LogP contribution in [0.25, 0.3) is 0 Å². The summed E-state index contributed by atoms with van der Waals surface area (Å²) in [5.41, 5.74) is 6.02. The third-order valence-electron chi connectivity index (χ3n) is 2.98. The number of nitrogen functional groups attached to an aromatic ring is 1. The van der Waals surface area contributed by atoms with E-state index in [1.165, 1.54) is 12.1 Å². The lowest BCUT2D eigenvalue weighted by Gasteiger charge is -2.13. The maximum absolute atomic E-state index is 12.8. The van der Waals surface area contributed by atoms with Crippen molar-refractivity contribution in [1.29, 1.82) is 0 Å². The molecule has 0 fully saturated rings. The quantitative estimate of drug-likeness (QED) is 0.722. The second-order valence-electron chi connectivity index (χ2n) is 4.72. The highest BCUT2D eigenvalue weighted by Crippen LogP contribution is 2.37. The van der Waals surface area contributed by atoms with E-state index in [-0.39, 0.29) is 11.4 Å². The van der Waals surface area contributed by atoms with Gasteiger partial charge in [0.25, 0.3) is 0 Å². The van der Waals surface area contributed by atoms with Crippen LogP contribution in [-0.4, -0.2) is 0 Å². The number of alkyl halides is 3. The summed E-state index contributed by atoms with van der Waals surface area (Å²) >= 11 is 3.43. The summed E-state index contributed by atoms with van der Waals surface area (Å²) in [6.07, 6.45) is -4.50. The van der Waals surface area contributed by atoms with Gasteiger partial charge in [0, 0.05) is 10.2 Å². The summed E-state index contributed by atoms with van der Waals surface area (Å²) in [6, 6.07) is 7.01. The van der Waals surface area contributed by atoms with Gasteiger partial charge in [-0.05, 0) is 55.3 Å². The minimum atomic E-state index is -4.50. The molecule has 0 heterocycles. The van der Waals surface area contributed by atoms with Crippen LogP contribution >= 0.6 is 15.9 Å². The Labute approximate surface area is 128 Å². The first-order chi connectivity index (χ1) is 9.68. The van der Waals surface area contributed by atoms with Gasteiger partial charge in [-0.2, -0.15) is 13.2 Å². The lowest BCUT2D eigenvalue weighted by Crippen LogP contribution is -2.08. The molecule has 2 aromatic carbocycles. The standard InChI is InChI=1S/C15H13BrF3NO/c1-8-5-11(6-9(2)14(8)16)21-10-3-4-13(20)12(7-10)15(17,18)19/h3-7H,20H2,1-2H3. The molecule has 0 amide bonds. The lowest BCUT2D eigenvalue weighted by atomic mass is 10.1. The van der Waals surface area contributed by atoms with Crippen molar-refractivity contribution in [3.63, 3.8) is 0 Å². The fourth-order valence-corrected chi connectivity index (χ4v) is 2.17. The topological polar surface area (TPSA) is 35.2 Å². The molecule has 0 aliphatic heterocycles. The number of benzene rings is 2. The molecule has 112 valence electrons. The van der Waals surface area contributed by atoms with Crippen LogP contribution in [0.2, 0.25) is 0 Å². The van der Waals surface area contributed by atoms with E-state index in [4.69, 9.17) is 10.5 Å². The summed E-state index contributed by atoms with van der Waals surface area (Å²) in [4.78, 5) is 0. The van der Waals surface area contributed by atoms with Crippen LogP contribution in [-0.2, 0) is 6.18 Å². The van der Waals surface area contributed by atoms with Gasteiger partial charge in [0.1, 0.15) is 11.5 Å². The Hall–Kier alpha value is -1.69. The van der Waals surface area contributed by atoms with Gasteiger partial charge in [-0.1, -0.05) is 15.9 Å². The molecule has 0 aliphatic rings. The normalized spacial score (nSPS) is 11.5. The van der Waals surface area contributed by atoms with E-state index in [2.05, 4.69) is 15.9 Å². The zero-order valence-electron chi connectivity index (χ0n) is 11.4. The van der Waals surface area contributed by atoms with E-state index in [1.54, 1.807) is 12.1 Å². The van der Waals surface area contributed by atoms with E-state index in [0.29, 0.717) is 5.75 Å². The number of hydrogen-bond acceptors (Lipinski definition) is 2. The van der Waals surface area contributed by atoms with Crippen molar-refractivity contribution in [2.24, 2.45) is 0 Å². The largest absolute Gasteiger partial charge is 0.457 e. The minimum Gasteiger partial charge on any atom is -0.457 e. The molecule has 2 rings (SSSR count). The summed E-state index contributed by atoms with van der Waals surface area (Å²) in [5.74, 6) is 0.573. The number of aryl methyl sites for hydroxylation is 2. The summed E-state index contributed by atoms with van der Waals surface area (Å²) < 4.78 is 44.9. The van der Waals surface area contributed by atoms with Crippen molar-refractivity contribution < 1.29 is 17.9 Å². The van der Waals surface area contributed by atoms with Crippen molar-refractivity contribution in [3.8, 4) is 11.5 Å². The number of anilines is 1. The van der Waals surface area contributed by atoms with E-state index in [0.717, 1.165) is 21.7 Å². The van der Waals surface area contributed by atoms with Crippen LogP contribution < -0.4 is 10.5 Å². The van der Waals surface area contributed by atoms with Gasteiger partial charge in [0.15, 0.2) is 0 Å². The SMILES string of the molecule is Cc1cc(Oc2ccc(N)c(C(F)(F)F)c2)cc(C)c1Br. The molecular weight excluding hydrogens is 347 g/mol. The van der Waals surface area contributed by atoms with Crippen molar-refractivity contribution >= 4 is 21.6 Å². The van der Waals surface area contributed by atoms with Crippen molar-refractivity contribution in [1.82, 2.24) is 0 Å². The number of ether oxygens (including phenoxy) is 1. The molecule has 2 N–H and O–H groups in total. The van der Waals surface area contributed by atoms with E-state index < -0.39 is 11.7 Å². The molecule has 2 nitrogen and oxygen atoms in total. The van der Waals surface area contributed by atoms with Gasteiger partial charge in [0.05, 0.1) is 5.56 Å². The zero-order valence-corrected chi connectivity index (χ0v) is 13.0. The smallest absolute Gasteiger partial charge is 0.418 e. The van der Waals surface area contributed by atoms with Crippen LogP contribution in [0.15, 0.2) is 34.8 Å². The summed E-state index contributed by atoms with van der Waals surface area (Å²) in [6.45, 7) is 3.77. The number of rotatable bonds is 2. The molecule has 2 aromatic rings. The molecule has 0 saturated carbocycles. The first-order valence-electron chi connectivity index (χ1n) is 6.10. The van der Waals surface area contributed by atoms with Crippen molar-refractivity contribution in [3.05, 3.63) is 51.5 Å². The highest BCUT2D eigenvalue weighted by atomic mass is 79.9. The Morgan fingerprint density at radius 2 is 1.57 bits per heavy atom. The van der Waals surface area contributed by atoms with Gasteiger partial charge in [-0.25, -0.2) is 0 Å². The predicted molar refractivity (Wildman–Crippen MR) is 79.5 cm³/mol. The zero-order chi connectivity index (χ0) is 15.8. The van der Waals surface area contributed by atoms with Crippen LogP contribution in [0.5, 0.6) is 11.5 Å². The van der Waals surface area contributed by atoms with Gasteiger partial charge < -0.3 is 10.5 Å². The Bertz CT molecular complexity index is 660. The van der Waals surface area contributed by atoms with Crippen LogP contribution in [0.1, 0.15) is 16.7 Å². The Balaban J connectivity index is 2.37. The molecule has 0 radical (unpaired) electrons. The Morgan fingerprint density at radius 1 is 1.00 bits per heavy atom. The first-order valence-corrected chi connectivity index (χ1v) is 6.89. The number of halogens is 4. The fraction of sp³-hybridized carbons (Fsp3) is 0.200. The molecule has 0 aliphatic carbocycles. The van der Waals surface area contributed by atoms with Gasteiger partial charge in [0.2, 0.25) is 0 Å². The van der Waals surface area contributed by atoms with E-state index >= 15 is 0 Å². The molecule has 0 atom stereocenters. The third kappa shape index (κ3) is 3.50. The molecule has 0 aromatic heterocycles. The monoisotopic (exact) mass is 359 g/mol. The maximum atomic E-state index is 12.8. The van der Waals surface area contributed by atoms with E-state index in [9.17, 15) is 13.2 Å². The average molecular weight is 360 g/mol. The average Bonchev–Trinajstić information content (AvgIpc) is 2.37. The van der Waals surface area contributed by atoms with Gasteiger partial charge in [-0.3, -0.25) is 0 Å². The predicted octanol–water partition coefficient (Wildman–Crippen LogP) is 5.46. The molecule has 0 spiro atoms. The molecule has 6 heteroatoms. The second-order valence-corrected chi connectivity index (χ2v) is 5.51. The highest BCUT2D eigenvalue weighted by molar-refractivity contribution is 9.10. The number of hydrogen-bond donors (Lipinski definition) is 1. The molecule has 21 heavy (non-hydrogen) atoms. The Kier molecular flexibility index (Phi) is 4.18. The lowest BCUT2D eigenvalue weighted by molar-refractivity contribution is -0.137. The second kappa shape index (κ2) is 5.60. The summed E-state index contributed by atoms with van der Waals surface area (Å²) in [5, 5.41) is 0. The van der Waals surface area contributed by atoms with E-state index in [1.807, 2.05) is 13.8 Å². The van der Waals surface area contributed by atoms with Crippen LogP contribution in [0.3, 0.4) is 0 Å². The number of nitrogens with two attached hydrogens (primary N) is 1. The minimum absolute atomic E-state index is 0.0950. The van der Waals surface area contributed by atoms with Gasteiger partial charge >= 0.3 is 6.18 Å². The van der Waals surface area contributed by atoms with Crippen LogP contribution in [0, 0.1) is 13.8 Å². The van der Waals surface area contributed by atoms with Crippen molar-refractivity contribution in [2.45, 2.75) is 20.0 Å². The first kappa shape index (κ1) is 15.7. The van der Waals surface area contributed by atoms with Crippen LogP contribution in [0.4, 0.5) is 18.9 Å². The van der Waals surface area contributed by atoms with Crippen molar-refractivity contribution in [2.75, 3.05) is 5.73 Å². The Morgan fingerprint density at radius 3 is 2.10 bits per heavy atom.